The smallest absolute Gasteiger partial charge is 0.268 e. The molecule has 2 atom stereocenters. The molecule has 0 saturated heterocycles. The van der Waals surface area contributed by atoms with E-state index in [0.29, 0.717) is 22.4 Å². The molecule has 29 heavy (non-hydrogen) atoms. The zero-order chi connectivity index (χ0) is 20.8. The summed E-state index contributed by atoms with van der Waals surface area (Å²) in [6.07, 6.45) is 4.55. The third-order valence-electron chi connectivity index (χ3n) is 5.15. The molecule has 4 rings (SSSR count). The summed E-state index contributed by atoms with van der Waals surface area (Å²) in [6.45, 7) is 1.96. The molecule has 9 nitrogen and oxygen atoms in total. The fourth-order valence-electron chi connectivity index (χ4n) is 3.46. The van der Waals surface area contributed by atoms with Crippen molar-refractivity contribution in [3.05, 3.63) is 58.2 Å². The second kappa shape index (κ2) is 7.11. The average molecular weight is 398 g/mol. The Morgan fingerprint density at radius 3 is 2.86 bits per heavy atom. The summed E-state index contributed by atoms with van der Waals surface area (Å²) in [5.41, 5.74) is 1.98. The normalized spacial score (nSPS) is 21.3. The predicted molar refractivity (Wildman–Crippen MR) is 106 cm³/mol. The number of carbonyl (C=O) groups excluding carboxylic acids is 1. The minimum atomic E-state index is -1.11. The highest BCUT2D eigenvalue weighted by Gasteiger charge is 2.36. The van der Waals surface area contributed by atoms with Gasteiger partial charge < -0.3 is 24.1 Å². The topological polar surface area (TPSA) is 96.1 Å². The number of amides is 1. The molecule has 0 radical (unpaired) electrons. The number of rotatable bonds is 5. The lowest BCUT2D eigenvalue weighted by Gasteiger charge is -2.27. The van der Waals surface area contributed by atoms with Gasteiger partial charge in [-0.1, -0.05) is 6.07 Å². The summed E-state index contributed by atoms with van der Waals surface area (Å²) in [5.74, 6) is -1.48. The van der Waals surface area contributed by atoms with E-state index in [0.717, 1.165) is 5.56 Å². The molecule has 0 unspecified atom stereocenters. The molecule has 152 valence electrons. The first-order valence-electron chi connectivity index (χ1n) is 9.10. The number of nitrogens with zero attached hydrogens (tertiary/aromatic N) is 3. The van der Waals surface area contributed by atoms with Gasteiger partial charge in [0.15, 0.2) is 6.29 Å². The molecule has 0 spiro atoms. The standard InChI is InChI=1S/C20H22N4O5/c1-12-6-5-9-24-16(12)22-17-13(19(24)26)10-14(23(17)2)18(25)21-11-20(28-4)8-7-15(27-3)29-20/h5-10,15H,11H2,1-4H3,(H,21,25)/t15-,20-/m1/s1. The number of ether oxygens (including phenoxy) is 3. The third kappa shape index (κ3) is 3.13. The van der Waals surface area contributed by atoms with Gasteiger partial charge in [-0.25, -0.2) is 4.98 Å². The molecule has 3 aromatic heterocycles. The summed E-state index contributed by atoms with van der Waals surface area (Å²) < 4.78 is 19.3. The van der Waals surface area contributed by atoms with Gasteiger partial charge in [0, 0.05) is 27.5 Å². The number of nitrogens with one attached hydrogen (secondary N) is 1. The molecule has 0 fully saturated rings. The van der Waals surface area contributed by atoms with Crippen molar-refractivity contribution in [2.45, 2.75) is 19.0 Å². The first-order chi connectivity index (χ1) is 13.9. The predicted octanol–water partition coefficient (Wildman–Crippen LogP) is 1.13. The lowest BCUT2D eigenvalue weighted by Crippen LogP contribution is -2.45. The lowest BCUT2D eigenvalue weighted by atomic mass is 10.2. The number of carbonyl (C=O) groups is 1. The molecule has 0 aromatic carbocycles. The van der Waals surface area contributed by atoms with Gasteiger partial charge in [-0.05, 0) is 36.8 Å². The van der Waals surface area contributed by atoms with Gasteiger partial charge in [0.1, 0.15) is 17.0 Å². The van der Waals surface area contributed by atoms with Crippen molar-refractivity contribution in [2.75, 3.05) is 20.8 Å². The first-order valence-corrected chi connectivity index (χ1v) is 9.10. The number of aryl methyl sites for hydroxylation is 2. The summed E-state index contributed by atoms with van der Waals surface area (Å²) in [5, 5.41) is 3.17. The zero-order valence-electron chi connectivity index (χ0n) is 16.6. The molecule has 9 heteroatoms. The van der Waals surface area contributed by atoms with Crippen LogP contribution in [0.2, 0.25) is 0 Å². The number of pyridine rings is 1. The SMILES string of the molecule is CO[C@H]1C=C[C@@](CNC(=O)c2cc3c(=O)n4cccc(C)c4nc3n2C)(OC)O1. The second-order valence-electron chi connectivity index (χ2n) is 6.91. The van der Waals surface area contributed by atoms with Gasteiger partial charge in [-0.15, -0.1) is 0 Å². The van der Waals surface area contributed by atoms with E-state index in [9.17, 15) is 9.59 Å². The Kier molecular flexibility index (Phi) is 4.73. The molecule has 4 heterocycles. The van der Waals surface area contributed by atoms with E-state index in [2.05, 4.69) is 10.3 Å². The Hall–Kier alpha value is -3.01. The van der Waals surface area contributed by atoms with Crippen LogP contribution in [0.5, 0.6) is 0 Å². The van der Waals surface area contributed by atoms with Crippen molar-refractivity contribution in [2.24, 2.45) is 7.05 Å². The Bertz CT molecular complexity index is 1200. The summed E-state index contributed by atoms with van der Waals surface area (Å²) in [6, 6.07) is 5.23. The van der Waals surface area contributed by atoms with E-state index in [1.54, 1.807) is 42.1 Å². The Morgan fingerprint density at radius 1 is 1.38 bits per heavy atom. The van der Waals surface area contributed by atoms with Gasteiger partial charge in [0.2, 0.25) is 5.79 Å². The average Bonchev–Trinajstić information content (AvgIpc) is 3.30. The van der Waals surface area contributed by atoms with Crippen molar-refractivity contribution in [3.8, 4) is 0 Å². The maximum absolute atomic E-state index is 12.9. The van der Waals surface area contributed by atoms with Crippen LogP contribution in [0, 0.1) is 6.92 Å². The largest absolute Gasteiger partial charge is 0.352 e. The van der Waals surface area contributed by atoms with Crippen molar-refractivity contribution in [1.82, 2.24) is 19.3 Å². The molecule has 1 amide bonds. The minimum absolute atomic E-state index is 0.0771. The van der Waals surface area contributed by atoms with Gasteiger partial charge >= 0.3 is 0 Å². The maximum Gasteiger partial charge on any atom is 0.268 e. The number of hydrogen-bond acceptors (Lipinski definition) is 6. The molecule has 0 aliphatic carbocycles. The summed E-state index contributed by atoms with van der Waals surface area (Å²) in [4.78, 5) is 30.3. The number of aromatic nitrogens is 3. The number of methoxy groups -OCH3 is 2. The van der Waals surface area contributed by atoms with Crippen LogP contribution in [0.4, 0.5) is 0 Å². The zero-order valence-corrected chi connectivity index (χ0v) is 16.6. The fourth-order valence-corrected chi connectivity index (χ4v) is 3.46. The number of hydrogen-bond donors (Lipinski definition) is 1. The molecule has 0 bridgehead atoms. The van der Waals surface area contributed by atoms with E-state index in [1.165, 1.54) is 18.6 Å². The first kappa shape index (κ1) is 19.3. The highest BCUT2D eigenvalue weighted by atomic mass is 16.8. The van der Waals surface area contributed by atoms with Crippen LogP contribution in [-0.2, 0) is 21.3 Å². The van der Waals surface area contributed by atoms with Crippen LogP contribution in [0.3, 0.4) is 0 Å². The van der Waals surface area contributed by atoms with Gasteiger partial charge in [0.25, 0.3) is 11.5 Å². The van der Waals surface area contributed by atoms with Crippen LogP contribution < -0.4 is 10.9 Å². The van der Waals surface area contributed by atoms with E-state index in [1.807, 2.05) is 13.0 Å². The van der Waals surface area contributed by atoms with Crippen molar-refractivity contribution in [3.63, 3.8) is 0 Å². The van der Waals surface area contributed by atoms with Crippen LogP contribution >= 0.6 is 0 Å². The lowest BCUT2D eigenvalue weighted by molar-refractivity contribution is -0.238. The van der Waals surface area contributed by atoms with Crippen molar-refractivity contribution in [1.29, 1.82) is 0 Å². The van der Waals surface area contributed by atoms with Gasteiger partial charge in [-0.2, -0.15) is 0 Å². The fraction of sp³-hybridized carbons (Fsp3) is 0.350. The van der Waals surface area contributed by atoms with Crippen molar-refractivity contribution >= 4 is 22.6 Å². The van der Waals surface area contributed by atoms with E-state index < -0.39 is 12.1 Å². The van der Waals surface area contributed by atoms with E-state index in [4.69, 9.17) is 14.2 Å². The monoisotopic (exact) mass is 398 g/mol. The van der Waals surface area contributed by atoms with Crippen LogP contribution in [0.1, 0.15) is 16.1 Å². The van der Waals surface area contributed by atoms with Gasteiger partial charge in [-0.3, -0.25) is 14.0 Å². The Labute approximate surface area is 166 Å². The second-order valence-corrected chi connectivity index (χ2v) is 6.91. The molecule has 3 aromatic rings. The highest BCUT2D eigenvalue weighted by molar-refractivity contribution is 5.98. The maximum atomic E-state index is 12.9. The van der Waals surface area contributed by atoms with Crippen LogP contribution in [-0.4, -0.2) is 52.7 Å². The Balaban J connectivity index is 1.67. The summed E-state index contributed by atoms with van der Waals surface area (Å²) in [7, 11) is 4.72. The van der Waals surface area contributed by atoms with E-state index in [-0.39, 0.29) is 18.0 Å². The molecular weight excluding hydrogens is 376 g/mol. The molecular formula is C20H22N4O5. The number of fused-ring (bicyclic) bond motifs is 2. The van der Waals surface area contributed by atoms with Crippen LogP contribution in [0.25, 0.3) is 16.7 Å². The summed E-state index contributed by atoms with van der Waals surface area (Å²) >= 11 is 0. The molecule has 1 N–H and O–H groups in total. The highest BCUT2D eigenvalue weighted by Crippen LogP contribution is 2.24. The van der Waals surface area contributed by atoms with E-state index >= 15 is 0 Å². The quantitative estimate of drug-likeness (QED) is 0.647. The van der Waals surface area contributed by atoms with Crippen LogP contribution in [0.15, 0.2) is 41.3 Å². The van der Waals surface area contributed by atoms with Gasteiger partial charge in [0.05, 0.1) is 11.9 Å². The molecule has 0 saturated carbocycles. The Morgan fingerprint density at radius 2 is 2.17 bits per heavy atom. The molecule has 1 aliphatic heterocycles. The third-order valence-corrected chi connectivity index (χ3v) is 5.15. The van der Waals surface area contributed by atoms with Crippen molar-refractivity contribution < 1.29 is 19.0 Å². The minimum Gasteiger partial charge on any atom is -0.352 e. The molecule has 1 aliphatic rings.